The van der Waals surface area contributed by atoms with Crippen LogP contribution in [0.1, 0.15) is 31.4 Å². The Morgan fingerprint density at radius 1 is 1.53 bits per heavy atom. The van der Waals surface area contributed by atoms with Crippen molar-refractivity contribution in [3.8, 4) is 5.75 Å². The summed E-state index contributed by atoms with van der Waals surface area (Å²) >= 11 is 0. The Bertz CT molecular complexity index is 461. The van der Waals surface area contributed by atoms with Gasteiger partial charge in [-0.25, -0.2) is 4.39 Å². The molecule has 2 N–H and O–H groups in total. The number of ether oxygens (including phenoxy) is 1. The summed E-state index contributed by atoms with van der Waals surface area (Å²) in [7, 11) is 1.53. The maximum Gasteiger partial charge on any atom is 0.234 e. The number of hydrogen-bond acceptors (Lipinski definition) is 3. The number of nitrogens with one attached hydrogen (secondary N) is 2. The van der Waals surface area contributed by atoms with Crippen LogP contribution >= 0.6 is 0 Å². The van der Waals surface area contributed by atoms with Crippen LogP contribution in [0.5, 0.6) is 5.75 Å². The van der Waals surface area contributed by atoms with E-state index >= 15 is 0 Å². The van der Waals surface area contributed by atoms with Crippen LogP contribution in [0.25, 0.3) is 0 Å². The number of carbonyl (C=O) groups is 1. The molecule has 2 rings (SSSR count). The number of amides is 1. The zero-order valence-electron chi connectivity index (χ0n) is 11.2. The topological polar surface area (TPSA) is 50.4 Å². The molecule has 1 fully saturated rings. The van der Waals surface area contributed by atoms with E-state index in [1.807, 2.05) is 6.92 Å². The predicted octanol–water partition coefficient (Wildman–Crippen LogP) is 1.76. The molecule has 1 atom stereocenters. The Morgan fingerprint density at radius 2 is 2.26 bits per heavy atom. The van der Waals surface area contributed by atoms with Crippen molar-refractivity contribution < 1.29 is 13.9 Å². The number of carbonyl (C=O) groups excluding carboxylic acids is 1. The third kappa shape index (κ3) is 3.92. The first-order valence-electron chi connectivity index (χ1n) is 6.46. The van der Waals surface area contributed by atoms with E-state index < -0.39 is 0 Å². The minimum atomic E-state index is -0.340. The fourth-order valence-corrected chi connectivity index (χ4v) is 1.94. The first-order chi connectivity index (χ1) is 9.10. The van der Waals surface area contributed by atoms with Gasteiger partial charge in [0.2, 0.25) is 5.91 Å². The van der Waals surface area contributed by atoms with E-state index in [9.17, 15) is 9.18 Å². The fourth-order valence-electron chi connectivity index (χ4n) is 1.94. The number of benzene rings is 1. The highest BCUT2D eigenvalue weighted by atomic mass is 19.1. The van der Waals surface area contributed by atoms with Crippen molar-refractivity contribution in [1.29, 1.82) is 0 Å². The van der Waals surface area contributed by atoms with Gasteiger partial charge in [0.25, 0.3) is 0 Å². The number of halogens is 1. The lowest BCUT2D eigenvalue weighted by Crippen LogP contribution is -2.36. The summed E-state index contributed by atoms with van der Waals surface area (Å²) in [6.07, 6.45) is 2.28. The van der Waals surface area contributed by atoms with E-state index in [0.717, 1.165) is 12.8 Å². The van der Waals surface area contributed by atoms with Gasteiger partial charge in [0.15, 0.2) is 0 Å². The first-order valence-corrected chi connectivity index (χ1v) is 6.46. The van der Waals surface area contributed by atoms with Gasteiger partial charge < -0.3 is 15.4 Å². The SMILES string of the molecule is COc1ccc(F)cc1C(C)NC(=O)CNC1CC1. The van der Waals surface area contributed by atoms with Crippen LogP contribution in [0, 0.1) is 5.82 Å². The summed E-state index contributed by atoms with van der Waals surface area (Å²) in [4.78, 5) is 11.7. The van der Waals surface area contributed by atoms with Crippen LogP contribution < -0.4 is 15.4 Å². The lowest BCUT2D eigenvalue weighted by molar-refractivity contribution is -0.120. The molecule has 1 saturated carbocycles. The molecule has 0 aliphatic heterocycles. The largest absolute Gasteiger partial charge is 0.496 e. The molecular weight excluding hydrogens is 247 g/mol. The molecule has 0 saturated heterocycles. The Hall–Kier alpha value is -1.62. The highest BCUT2D eigenvalue weighted by Gasteiger charge is 2.22. The molecular formula is C14H19FN2O2. The van der Waals surface area contributed by atoms with Crippen molar-refractivity contribution in [3.05, 3.63) is 29.6 Å². The Labute approximate surface area is 112 Å². The molecule has 0 aromatic heterocycles. The van der Waals surface area contributed by atoms with E-state index in [-0.39, 0.29) is 17.8 Å². The molecule has 1 aromatic rings. The molecule has 1 amide bonds. The van der Waals surface area contributed by atoms with Gasteiger partial charge in [0, 0.05) is 11.6 Å². The van der Waals surface area contributed by atoms with Crippen molar-refractivity contribution in [3.63, 3.8) is 0 Å². The standard InChI is InChI=1S/C14H19FN2O2/c1-9(17-14(18)8-16-11-4-5-11)12-7-10(15)3-6-13(12)19-2/h3,6-7,9,11,16H,4-5,8H2,1-2H3,(H,17,18). The zero-order valence-corrected chi connectivity index (χ0v) is 11.2. The normalized spacial score (nSPS) is 15.9. The molecule has 1 unspecified atom stereocenters. The second-order valence-corrected chi connectivity index (χ2v) is 4.83. The zero-order chi connectivity index (χ0) is 13.8. The van der Waals surface area contributed by atoms with Gasteiger partial charge in [-0.15, -0.1) is 0 Å². The third-order valence-corrected chi connectivity index (χ3v) is 3.16. The van der Waals surface area contributed by atoms with Gasteiger partial charge in [0.1, 0.15) is 11.6 Å². The van der Waals surface area contributed by atoms with Gasteiger partial charge in [0.05, 0.1) is 19.7 Å². The highest BCUT2D eigenvalue weighted by Crippen LogP contribution is 2.25. The van der Waals surface area contributed by atoms with Crippen LogP contribution in [0.2, 0.25) is 0 Å². The Kier molecular flexibility index (Phi) is 4.37. The van der Waals surface area contributed by atoms with Crippen molar-refractivity contribution in [2.24, 2.45) is 0 Å². The maximum absolute atomic E-state index is 13.3. The van der Waals surface area contributed by atoms with E-state index in [2.05, 4.69) is 10.6 Å². The average Bonchev–Trinajstić information content (AvgIpc) is 3.20. The lowest BCUT2D eigenvalue weighted by atomic mass is 10.1. The van der Waals surface area contributed by atoms with Crippen LogP contribution in [-0.4, -0.2) is 25.6 Å². The van der Waals surface area contributed by atoms with Gasteiger partial charge in [-0.2, -0.15) is 0 Å². The van der Waals surface area contributed by atoms with Crippen LogP contribution in [-0.2, 0) is 4.79 Å². The van der Waals surface area contributed by atoms with E-state index in [4.69, 9.17) is 4.74 Å². The Balaban J connectivity index is 1.95. The average molecular weight is 266 g/mol. The molecule has 1 aliphatic carbocycles. The summed E-state index contributed by atoms with van der Waals surface area (Å²) in [5.74, 6) is 0.142. The second-order valence-electron chi connectivity index (χ2n) is 4.83. The molecule has 0 heterocycles. The number of methoxy groups -OCH3 is 1. The number of hydrogen-bond donors (Lipinski definition) is 2. The summed E-state index contributed by atoms with van der Waals surface area (Å²) in [5.41, 5.74) is 0.641. The minimum Gasteiger partial charge on any atom is -0.496 e. The molecule has 0 spiro atoms. The van der Waals surface area contributed by atoms with Crippen LogP contribution in [0.4, 0.5) is 4.39 Å². The monoisotopic (exact) mass is 266 g/mol. The van der Waals surface area contributed by atoms with E-state index in [1.54, 1.807) is 6.07 Å². The van der Waals surface area contributed by atoms with E-state index in [1.165, 1.54) is 19.2 Å². The maximum atomic E-state index is 13.3. The second kappa shape index (κ2) is 6.02. The van der Waals surface area contributed by atoms with Gasteiger partial charge >= 0.3 is 0 Å². The predicted molar refractivity (Wildman–Crippen MR) is 70.5 cm³/mol. The summed E-state index contributed by atoms with van der Waals surface area (Å²) in [6.45, 7) is 2.11. The molecule has 5 heteroatoms. The molecule has 0 bridgehead atoms. The van der Waals surface area contributed by atoms with E-state index in [0.29, 0.717) is 23.9 Å². The lowest BCUT2D eigenvalue weighted by Gasteiger charge is -2.17. The van der Waals surface area contributed by atoms with Crippen molar-refractivity contribution in [1.82, 2.24) is 10.6 Å². The van der Waals surface area contributed by atoms with Crippen molar-refractivity contribution in [2.45, 2.75) is 31.8 Å². The smallest absolute Gasteiger partial charge is 0.234 e. The Morgan fingerprint density at radius 3 is 2.89 bits per heavy atom. The number of rotatable bonds is 6. The van der Waals surface area contributed by atoms with Gasteiger partial charge in [-0.05, 0) is 38.0 Å². The molecule has 104 valence electrons. The minimum absolute atomic E-state index is 0.0919. The molecule has 0 radical (unpaired) electrons. The summed E-state index contributed by atoms with van der Waals surface area (Å²) in [6, 6.07) is 4.49. The van der Waals surface area contributed by atoms with Crippen LogP contribution in [0.3, 0.4) is 0 Å². The van der Waals surface area contributed by atoms with Gasteiger partial charge in [-0.1, -0.05) is 0 Å². The fraction of sp³-hybridized carbons (Fsp3) is 0.500. The molecule has 19 heavy (non-hydrogen) atoms. The van der Waals surface area contributed by atoms with Crippen molar-refractivity contribution in [2.75, 3.05) is 13.7 Å². The molecule has 1 aromatic carbocycles. The third-order valence-electron chi connectivity index (χ3n) is 3.16. The summed E-state index contributed by atoms with van der Waals surface area (Å²) in [5, 5.41) is 5.97. The van der Waals surface area contributed by atoms with Crippen LogP contribution in [0.15, 0.2) is 18.2 Å². The van der Waals surface area contributed by atoms with Gasteiger partial charge in [-0.3, -0.25) is 4.79 Å². The molecule has 1 aliphatic rings. The highest BCUT2D eigenvalue weighted by molar-refractivity contribution is 5.78. The molecule has 4 nitrogen and oxygen atoms in total. The quantitative estimate of drug-likeness (QED) is 0.825. The first kappa shape index (κ1) is 13.8. The summed E-state index contributed by atoms with van der Waals surface area (Å²) < 4.78 is 18.4. The van der Waals surface area contributed by atoms with Crippen molar-refractivity contribution >= 4 is 5.91 Å².